The minimum absolute atomic E-state index is 0.0608. The molecule has 1 aromatic heterocycles. The maximum atomic E-state index is 12.5. The topological polar surface area (TPSA) is 32.9 Å². The maximum Gasteiger partial charge on any atom is 0.192 e. The molecule has 1 N–H and O–H groups in total. The smallest absolute Gasteiger partial charge is 0.192 e. The normalized spacial score (nSPS) is 12.4. The molecule has 0 saturated heterocycles. The molecule has 2 aromatic rings. The van der Waals surface area contributed by atoms with Gasteiger partial charge in [0.25, 0.3) is 0 Å². The number of benzene rings is 1. The van der Waals surface area contributed by atoms with Crippen LogP contribution in [0.15, 0.2) is 23.0 Å². The summed E-state index contributed by atoms with van der Waals surface area (Å²) >= 11 is 0. The highest BCUT2D eigenvalue weighted by Crippen LogP contribution is 2.25. The van der Waals surface area contributed by atoms with E-state index in [1.807, 2.05) is 19.1 Å². The second-order valence-corrected chi connectivity index (χ2v) is 6.66. The molecule has 0 fully saturated rings. The Hall–Kier alpha value is -1.57. The molecule has 0 amide bonds. The molecule has 0 saturated carbocycles. The number of H-pyrrole nitrogens is 1. The van der Waals surface area contributed by atoms with Crippen LogP contribution in [-0.4, -0.2) is 4.98 Å². The highest BCUT2D eigenvalue weighted by Gasteiger charge is 2.16. The van der Waals surface area contributed by atoms with Gasteiger partial charge in [0.1, 0.15) is 0 Å². The largest absolute Gasteiger partial charge is 0.358 e. The lowest BCUT2D eigenvalue weighted by Crippen LogP contribution is -2.15. The molecule has 102 valence electrons. The fourth-order valence-corrected chi connectivity index (χ4v) is 2.45. The van der Waals surface area contributed by atoms with Crippen molar-refractivity contribution in [2.45, 2.75) is 52.9 Å². The predicted molar refractivity (Wildman–Crippen MR) is 82.1 cm³/mol. The van der Waals surface area contributed by atoms with Gasteiger partial charge < -0.3 is 4.98 Å². The van der Waals surface area contributed by atoms with Crippen LogP contribution in [-0.2, 0) is 5.41 Å². The highest BCUT2D eigenvalue weighted by atomic mass is 16.1. The van der Waals surface area contributed by atoms with E-state index in [9.17, 15) is 4.79 Å². The van der Waals surface area contributed by atoms with E-state index < -0.39 is 0 Å². The average molecular weight is 257 g/mol. The minimum Gasteiger partial charge on any atom is -0.358 e. The van der Waals surface area contributed by atoms with Crippen molar-refractivity contribution in [2.24, 2.45) is 0 Å². The van der Waals surface area contributed by atoms with Gasteiger partial charge in [-0.15, -0.1) is 0 Å². The fraction of sp³-hybridized carbons (Fsp3) is 0.471. The first-order valence-corrected chi connectivity index (χ1v) is 6.89. The molecule has 0 aliphatic carbocycles. The Morgan fingerprint density at radius 3 is 2.32 bits per heavy atom. The second-order valence-electron chi connectivity index (χ2n) is 6.66. The summed E-state index contributed by atoms with van der Waals surface area (Å²) in [6.07, 6.45) is 0. The van der Waals surface area contributed by atoms with Gasteiger partial charge in [0.2, 0.25) is 0 Å². The van der Waals surface area contributed by atoms with Gasteiger partial charge in [-0.2, -0.15) is 0 Å². The summed E-state index contributed by atoms with van der Waals surface area (Å²) in [4.78, 5) is 15.9. The Morgan fingerprint density at radius 1 is 1.16 bits per heavy atom. The van der Waals surface area contributed by atoms with Crippen LogP contribution in [0.25, 0.3) is 10.9 Å². The van der Waals surface area contributed by atoms with E-state index in [4.69, 9.17) is 0 Å². The lowest BCUT2D eigenvalue weighted by molar-refractivity contribution is 0.591. The van der Waals surface area contributed by atoms with Crippen LogP contribution in [0.4, 0.5) is 0 Å². The van der Waals surface area contributed by atoms with Crippen molar-refractivity contribution < 1.29 is 0 Å². The number of pyridine rings is 1. The number of fused-ring (bicyclic) bond motifs is 1. The molecule has 0 radical (unpaired) electrons. The van der Waals surface area contributed by atoms with Crippen molar-refractivity contribution in [1.82, 2.24) is 4.98 Å². The Bertz CT molecular complexity index is 672. The number of hydrogen-bond acceptors (Lipinski definition) is 1. The van der Waals surface area contributed by atoms with Gasteiger partial charge in [-0.3, -0.25) is 4.79 Å². The Balaban J connectivity index is 2.79. The zero-order valence-corrected chi connectivity index (χ0v) is 12.7. The van der Waals surface area contributed by atoms with Crippen LogP contribution in [0.1, 0.15) is 57.4 Å². The van der Waals surface area contributed by atoms with Crippen molar-refractivity contribution in [3.63, 3.8) is 0 Å². The van der Waals surface area contributed by atoms with Crippen molar-refractivity contribution in [1.29, 1.82) is 0 Å². The number of nitrogens with one attached hydrogen (secondary N) is 1. The Morgan fingerprint density at radius 2 is 1.79 bits per heavy atom. The van der Waals surface area contributed by atoms with Crippen LogP contribution in [0.5, 0.6) is 0 Å². The maximum absolute atomic E-state index is 12.5. The SMILES string of the molecule is Cc1c(C(C)C)[nH]c2ccc(C(C)(C)C)cc2c1=O. The van der Waals surface area contributed by atoms with E-state index in [1.165, 1.54) is 5.56 Å². The first-order valence-electron chi connectivity index (χ1n) is 6.89. The summed E-state index contributed by atoms with van der Waals surface area (Å²) in [6.45, 7) is 12.6. The zero-order chi connectivity index (χ0) is 14.4. The van der Waals surface area contributed by atoms with Gasteiger partial charge in [0.15, 0.2) is 5.43 Å². The van der Waals surface area contributed by atoms with E-state index in [2.05, 4.69) is 45.7 Å². The van der Waals surface area contributed by atoms with Crippen LogP contribution in [0.3, 0.4) is 0 Å². The van der Waals surface area contributed by atoms with E-state index in [0.29, 0.717) is 5.92 Å². The van der Waals surface area contributed by atoms with Crippen LogP contribution in [0.2, 0.25) is 0 Å². The van der Waals surface area contributed by atoms with Crippen molar-refractivity contribution >= 4 is 10.9 Å². The number of aromatic amines is 1. The van der Waals surface area contributed by atoms with Gasteiger partial charge in [-0.25, -0.2) is 0 Å². The first kappa shape index (κ1) is 13.9. The average Bonchev–Trinajstić information content (AvgIpc) is 2.31. The Labute approximate surface area is 114 Å². The molecule has 2 rings (SSSR count). The quantitative estimate of drug-likeness (QED) is 0.813. The second kappa shape index (κ2) is 4.52. The summed E-state index contributed by atoms with van der Waals surface area (Å²) in [7, 11) is 0. The van der Waals surface area contributed by atoms with Crippen molar-refractivity contribution in [3.05, 3.63) is 45.2 Å². The molecule has 1 aromatic carbocycles. The third kappa shape index (κ3) is 2.44. The van der Waals surface area contributed by atoms with Crippen LogP contribution in [0, 0.1) is 6.92 Å². The van der Waals surface area contributed by atoms with Gasteiger partial charge in [-0.05, 0) is 36.0 Å². The number of aromatic nitrogens is 1. The molecular weight excluding hydrogens is 234 g/mol. The minimum atomic E-state index is 0.0608. The fourth-order valence-electron chi connectivity index (χ4n) is 2.45. The molecule has 19 heavy (non-hydrogen) atoms. The number of rotatable bonds is 1. The summed E-state index contributed by atoms with van der Waals surface area (Å²) in [5.74, 6) is 0.333. The molecule has 1 heterocycles. The van der Waals surface area contributed by atoms with E-state index in [0.717, 1.165) is 22.2 Å². The van der Waals surface area contributed by atoms with Gasteiger partial charge in [0, 0.05) is 22.2 Å². The molecular formula is C17H23NO. The summed E-state index contributed by atoms with van der Waals surface area (Å²) in [6, 6.07) is 6.17. The molecule has 0 bridgehead atoms. The summed E-state index contributed by atoms with van der Waals surface area (Å²) < 4.78 is 0. The van der Waals surface area contributed by atoms with E-state index in [-0.39, 0.29) is 10.8 Å². The third-order valence-corrected chi connectivity index (χ3v) is 3.72. The molecule has 2 heteroatoms. The molecule has 2 nitrogen and oxygen atoms in total. The van der Waals surface area contributed by atoms with Crippen LogP contribution < -0.4 is 5.43 Å². The monoisotopic (exact) mass is 257 g/mol. The predicted octanol–water partition coefficient (Wildman–Crippen LogP) is 4.26. The van der Waals surface area contributed by atoms with Crippen LogP contribution >= 0.6 is 0 Å². The molecule has 0 aliphatic heterocycles. The first-order chi connectivity index (χ1) is 8.71. The zero-order valence-electron chi connectivity index (χ0n) is 12.7. The molecule has 0 unspecified atom stereocenters. The standard InChI is InChI=1S/C17H23NO/c1-10(2)15-11(3)16(19)13-9-12(17(4,5)6)7-8-14(13)18-15/h7-10H,1-6H3,(H,18,19). The summed E-state index contributed by atoms with van der Waals surface area (Å²) in [5, 5.41) is 0.800. The van der Waals surface area contributed by atoms with Gasteiger partial charge in [0.05, 0.1) is 0 Å². The van der Waals surface area contributed by atoms with Crippen molar-refractivity contribution in [2.75, 3.05) is 0 Å². The summed E-state index contributed by atoms with van der Waals surface area (Å²) in [5.41, 5.74) is 4.23. The molecule has 0 aliphatic rings. The van der Waals surface area contributed by atoms with E-state index >= 15 is 0 Å². The van der Waals surface area contributed by atoms with Gasteiger partial charge >= 0.3 is 0 Å². The van der Waals surface area contributed by atoms with Gasteiger partial charge in [-0.1, -0.05) is 40.7 Å². The lowest BCUT2D eigenvalue weighted by atomic mass is 9.86. The Kier molecular flexibility index (Phi) is 3.29. The van der Waals surface area contributed by atoms with E-state index in [1.54, 1.807) is 0 Å². The number of hydrogen-bond donors (Lipinski definition) is 1. The molecule has 0 spiro atoms. The van der Waals surface area contributed by atoms with Crippen molar-refractivity contribution in [3.8, 4) is 0 Å². The third-order valence-electron chi connectivity index (χ3n) is 3.72. The lowest BCUT2D eigenvalue weighted by Gasteiger charge is -2.20. The highest BCUT2D eigenvalue weighted by molar-refractivity contribution is 5.80. The molecule has 0 atom stereocenters.